The molecule has 21 heavy (non-hydrogen) atoms. The number of rotatable bonds is 6. The normalized spacial score (nSPS) is 11.8. The molecule has 114 valence electrons. The molecule has 2 aromatic rings. The number of hydrogen-bond donors (Lipinski definition) is 2. The van der Waals surface area contributed by atoms with E-state index in [1.165, 1.54) is 0 Å². The summed E-state index contributed by atoms with van der Waals surface area (Å²) in [6.07, 6.45) is 1.68. The summed E-state index contributed by atoms with van der Waals surface area (Å²) in [5, 5.41) is 7.11. The van der Waals surface area contributed by atoms with Crippen LogP contribution in [0.3, 0.4) is 0 Å². The topological polar surface area (TPSA) is 76.0 Å². The van der Waals surface area contributed by atoms with Gasteiger partial charge in [-0.25, -0.2) is 13.1 Å². The summed E-state index contributed by atoms with van der Waals surface area (Å²) >= 11 is 0. The molecule has 1 aromatic carbocycles. The van der Waals surface area contributed by atoms with E-state index < -0.39 is 10.0 Å². The fourth-order valence-corrected chi connectivity index (χ4v) is 3.08. The lowest BCUT2D eigenvalue weighted by Gasteiger charge is -2.08. The second-order valence-corrected chi connectivity index (χ2v) is 6.65. The summed E-state index contributed by atoms with van der Waals surface area (Å²) in [7, 11) is 0.130. The van der Waals surface area contributed by atoms with Crippen LogP contribution in [0, 0.1) is 6.92 Å². The van der Waals surface area contributed by atoms with Crippen molar-refractivity contribution < 1.29 is 8.42 Å². The predicted octanol–water partition coefficient (Wildman–Crippen LogP) is 0.926. The number of nitrogens with one attached hydrogen (secondary N) is 2. The molecule has 0 atom stereocenters. The van der Waals surface area contributed by atoms with E-state index >= 15 is 0 Å². The average molecular weight is 308 g/mol. The van der Waals surface area contributed by atoms with Gasteiger partial charge in [0, 0.05) is 31.4 Å². The van der Waals surface area contributed by atoms with E-state index in [-0.39, 0.29) is 11.4 Å². The van der Waals surface area contributed by atoms with Gasteiger partial charge in [-0.1, -0.05) is 12.1 Å². The molecule has 0 saturated heterocycles. The van der Waals surface area contributed by atoms with Crippen LogP contribution in [-0.2, 0) is 30.2 Å². The van der Waals surface area contributed by atoms with Crippen molar-refractivity contribution in [2.24, 2.45) is 7.05 Å². The van der Waals surface area contributed by atoms with Gasteiger partial charge in [0.25, 0.3) is 0 Å². The Morgan fingerprint density at radius 3 is 2.67 bits per heavy atom. The van der Waals surface area contributed by atoms with E-state index in [1.54, 1.807) is 29.1 Å². The molecule has 0 aliphatic carbocycles. The molecule has 1 heterocycles. The summed E-state index contributed by atoms with van der Waals surface area (Å²) < 4.78 is 29.0. The highest BCUT2D eigenvalue weighted by atomic mass is 32.2. The maximum Gasteiger partial charge on any atom is 0.240 e. The molecule has 0 saturated carbocycles. The van der Waals surface area contributed by atoms with Crippen LogP contribution in [0.1, 0.15) is 16.8 Å². The van der Waals surface area contributed by atoms with Crippen LogP contribution in [0.15, 0.2) is 35.4 Å². The second-order valence-electron chi connectivity index (χ2n) is 4.88. The van der Waals surface area contributed by atoms with Gasteiger partial charge < -0.3 is 5.32 Å². The lowest BCUT2D eigenvalue weighted by molar-refractivity contribution is 0.581. The zero-order valence-electron chi connectivity index (χ0n) is 12.4. The van der Waals surface area contributed by atoms with E-state index in [1.807, 2.05) is 27.1 Å². The number of aromatic nitrogens is 2. The molecule has 0 unspecified atom stereocenters. The number of hydrogen-bond acceptors (Lipinski definition) is 4. The Bertz CT molecular complexity index is 722. The van der Waals surface area contributed by atoms with Gasteiger partial charge in [0.15, 0.2) is 0 Å². The van der Waals surface area contributed by atoms with Gasteiger partial charge in [-0.2, -0.15) is 5.10 Å². The summed E-state index contributed by atoms with van der Waals surface area (Å²) in [4.78, 5) is 0.275. The van der Waals surface area contributed by atoms with Gasteiger partial charge in [-0.3, -0.25) is 4.68 Å². The first-order chi connectivity index (χ1) is 9.94. The standard InChI is InChI=1S/C14H20N4O2S/c1-11-13(9-16-18(11)3)10-17-21(19,20)14-6-4-5-12(7-14)8-15-2/h4-7,9,15,17H,8,10H2,1-3H3. The number of aryl methyl sites for hydroxylation is 1. The third-order valence-corrected chi connectivity index (χ3v) is 4.78. The molecule has 0 radical (unpaired) electrons. The minimum atomic E-state index is -3.52. The first-order valence-electron chi connectivity index (χ1n) is 6.64. The zero-order chi connectivity index (χ0) is 15.5. The van der Waals surface area contributed by atoms with Crippen molar-refractivity contribution in [2.75, 3.05) is 7.05 Å². The second kappa shape index (κ2) is 6.38. The Morgan fingerprint density at radius 1 is 1.29 bits per heavy atom. The zero-order valence-corrected chi connectivity index (χ0v) is 13.2. The summed E-state index contributed by atoms with van der Waals surface area (Å²) in [6.45, 7) is 2.77. The number of benzene rings is 1. The summed E-state index contributed by atoms with van der Waals surface area (Å²) in [6, 6.07) is 6.91. The van der Waals surface area contributed by atoms with Crippen LogP contribution >= 0.6 is 0 Å². The van der Waals surface area contributed by atoms with Crippen molar-refractivity contribution in [1.29, 1.82) is 0 Å². The first-order valence-corrected chi connectivity index (χ1v) is 8.13. The van der Waals surface area contributed by atoms with Gasteiger partial charge in [0.05, 0.1) is 11.1 Å². The fourth-order valence-electron chi connectivity index (χ4n) is 2.00. The highest BCUT2D eigenvalue weighted by molar-refractivity contribution is 7.89. The minimum Gasteiger partial charge on any atom is -0.316 e. The van der Waals surface area contributed by atoms with Crippen molar-refractivity contribution in [3.63, 3.8) is 0 Å². The van der Waals surface area contributed by atoms with Crippen LogP contribution in [0.25, 0.3) is 0 Å². The lowest BCUT2D eigenvalue weighted by atomic mass is 10.2. The number of sulfonamides is 1. The average Bonchev–Trinajstić information content (AvgIpc) is 2.77. The van der Waals surface area contributed by atoms with Crippen LogP contribution in [-0.4, -0.2) is 25.2 Å². The molecule has 0 amide bonds. The van der Waals surface area contributed by atoms with Crippen molar-refractivity contribution >= 4 is 10.0 Å². The number of nitrogens with zero attached hydrogens (tertiary/aromatic N) is 2. The Morgan fingerprint density at radius 2 is 2.05 bits per heavy atom. The molecule has 0 spiro atoms. The van der Waals surface area contributed by atoms with E-state index in [0.717, 1.165) is 16.8 Å². The van der Waals surface area contributed by atoms with Crippen LogP contribution in [0.4, 0.5) is 0 Å². The van der Waals surface area contributed by atoms with E-state index in [2.05, 4.69) is 15.1 Å². The van der Waals surface area contributed by atoms with Gasteiger partial charge in [0.1, 0.15) is 0 Å². The molecule has 2 N–H and O–H groups in total. The summed E-state index contributed by atoms with van der Waals surface area (Å²) in [5.74, 6) is 0. The molecule has 0 bridgehead atoms. The predicted molar refractivity (Wildman–Crippen MR) is 81.2 cm³/mol. The highest BCUT2D eigenvalue weighted by Gasteiger charge is 2.15. The first kappa shape index (κ1) is 15.7. The van der Waals surface area contributed by atoms with E-state index in [9.17, 15) is 8.42 Å². The molecule has 2 rings (SSSR count). The molecule has 0 aliphatic heterocycles. The molecule has 1 aromatic heterocycles. The highest BCUT2D eigenvalue weighted by Crippen LogP contribution is 2.13. The maximum atomic E-state index is 12.3. The Balaban J connectivity index is 2.15. The third kappa shape index (κ3) is 3.69. The van der Waals surface area contributed by atoms with Crippen molar-refractivity contribution in [1.82, 2.24) is 19.8 Å². The van der Waals surface area contributed by atoms with Crippen LogP contribution in [0.5, 0.6) is 0 Å². The van der Waals surface area contributed by atoms with E-state index in [4.69, 9.17) is 0 Å². The Labute approximate surface area is 125 Å². The SMILES string of the molecule is CNCc1cccc(S(=O)(=O)NCc2cnn(C)c2C)c1. The summed E-state index contributed by atoms with van der Waals surface area (Å²) in [5.41, 5.74) is 2.74. The monoisotopic (exact) mass is 308 g/mol. The smallest absolute Gasteiger partial charge is 0.240 e. The quantitative estimate of drug-likeness (QED) is 0.832. The van der Waals surface area contributed by atoms with E-state index in [0.29, 0.717) is 6.54 Å². The Kier molecular flexibility index (Phi) is 4.76. The Hall–Kier alpha value is -1.70. The van der Waals surface area contributed by atoms with Crippen molar-refractivity contribution in [3.8, 4) is 0 Å². The third-order valence-electron chi connectivity index (χ3n) is 3.38. The minimum absolute atomic E-state index is 0.234. The van der Waals surface area contributed by atoms with Crippen molar-refractivity contribution in [2.45, 2.75) is 24.9 Å². The van der Waals surface area contributed by atoms with Crippen LogP contribution < -0.4 is 10.0 Å². The van der Waals surface area contributed by atoms with Gasteiger partial charge >= 0.3 is 0 Å². The van der Waals surface area contributed by atoms with Gasteiger partial charge in [0.2, 0.25) is 10.0 Å². The molecule has 0 aliphatic rings. The van der Waals surface area contributed by atoms with Gasteiger partial charge in [-0.05, 0) is 31.7 Å². The molecule has 6 nitrogen and oxygen atoms in total. The molecular weight excluding hydrogens is 288 g/mol. The largest absolute Gasteiger partial charge is 0.316 e. The lowest BCUT2D eigenvalue weighted by Crippen LogP contribution is -2.23. The van der Waals surface area contributed by atoms with Crippen LogP contribution in [0.2, 0.25) is 0 Å². The maximum absolute atomic E-state index is 12.3. The molecule has 7 heteroatoms. The fraction of sp³-hybridized carbons (Fsp3) is 0.357. The molecule has 0 fully saturated rings. The van der Waals surface area contributed by atoms with Gasteiger partial charge in [-0.15, -0.1) is 0 Å². The molecular formula is C14H20N4O2S. The van der Waals surface area contributed by atoms with Crippen molar-refractivity contribution in [3.05, 3.63) is 47.3 Å².